The van der Waals surface area contributed by atoms with Crippen molar-refractivity contribution in [3.05, 3.63) is 211 Å². The summed E-state index contributed by atoms with van der Waals surface area (Å²) in [6, 6.07) is 40.7. The Kier molecular flexibility index (Phi) is 39.9. The van der Waals surface area contributed by atoms with E-state index in [1.807, 2.05) is 71.0 Å². The van der Waals surface area contributed by atoms with Gasteiger partial charge in [-0.3, -0.25) is 29.0 Å². The molecule has 0 saturated carbocycles. The molecule has 116 heavy (non-hydrogen) atoms. The molecule has 26 heteroatoms. The number of benzene rings is 7. The van der Waals surface area contributed by atoms with Gasteiger partial charge >= 0.3 is 138 Å². The second kappa shape index (κ2) is 47.7. The van der Waals surface area contributed by atoms with Crippen molar-refractivity contribution in [1.82, 2.24) is 41.2 Å². The number of hydrogen-bond acceptors (Lipinski definition) is 20. The Morgan fingerprint density at radius 3 is 1.34 bits per heavy atom. The molecule has 0 atom stereocenters. The standard InChI is InChI=1S/C33H36N2O3.C28H35N3O3.C26H31N3O5.C2H5BrO.CH2O3.2Cs.H/c1-5-34-33(36)32-30(26-16-15-24-13-9-10-14-25(24)18-26)31(35-38-32)28-19-27(21(2)3)22(4)17-29(28)37-20-23-11-7-6-8-12-23;1-6-29-28(33)27-25(21-7-8-22-16-31(11-12-32)10-9-20(22)14-21)26(30-34-27)24-15-23(17(2)3)18(4)13-19(24)5;1-4-27-26(33)25-23(17-5-6-18-14-29(9-10-30)8-7-16(18)11-17)24(28-34-25)20-12-19(15(2)3)21(31)13-22(20)32;3-1-2-4;2-1-4-3;;;/h6-8,11-12,15-19,21H,5,9-10,13-14,20H2,1-4H3,(H,34,36);7-8,13-15,17,32H,6,9-12,16H2,1-5H3,(H,29,33);5-6,11-13,15,30-32H,4,7-10,14H2,1-3H3,(H,27,33);4H,1-2H2;1,3H;;;/q;;;;;2*+1;-1/p-1. The number of carbonyl (C=O) groups excluding carboxylic acids is 4. The van der Waals surface area contributed by atoms with Gasteiger partial charge in [0.25, 0.3) is 24.2 Å². The van der Waals surface area contributed by atoms with Crippen molar-refractivity contribution in [1.29, 1.82) is 0 Å². The third kappa shape index (κ3) is 24.8. The summed E-state index contributed by atoms with van der Waals surface area (Å²) in [5.74, 6) is 0.968. The predicted octanol–water partition coefficient (Wildman–Crippen LogP) is 9.07. The number of nitrogens with zero attached hydrogens (tertiary/aromatic N) is 5. The smallest absolute Gasteiger partial charge is 1.00 e. The molecule has 0 spiro atoms. The molecular formula is C90H109BrCs2N8O15. The molecule has 608 valence electrons. The Balaban J connectivity index is 0.000000257. The first-order valence-corrected chi connectivity index (χ1v) is 40.3. The minimum absolute atomic E-state index is 0. The van der Waals surface area contributed by atoms with Gasteiger partial charge in [0.15, 0.2) is 0 Å². The fraction of sp³-hybridized carbons (Fsp3) is 0.389. The fourth-order valence-corrected chi connectivity index (χ4v) is 14.9. The number of fused-ring (bicyclic) bond motifs is 3. The number of aliphatic hydroxyl groups excluding tert-OH is 3. The van der Waals surface area contributed by atoms with Gasteiger partial charge in [-0.15, -0.1) is 0 Å². The number of aromatic hydroxyl groups is 2. The van der Waals surface area contributed by atoms with Gasteiger partial charge in [-0.1, -0.05) is 164 Å². The number of alkyl halides is 1. The number of rotatable bonds is 24. The third-order valence-corrected chi connectivity index (χ3v) is 20.8. The molecule has 2 aliphatic heterocycles. The van der Waals surface area contributed by atoms with Crippen LogP contribution in [0.15, 0.2) is 135 Å². The number of halogens is 1. The molecule has 23 nitrogen and oxygen atoms in total. The minimum Gasteiger partial charge on any atom is -1.00 e. The number of hydrogen-bond donors (Lipinski definition) is 8. The van der Waals surface area contributed by atoms with E-state index in [1.165, 1.54) is 69.0 Å². The van der Waals surface area contributed by atoms with Crippen molar-refractivity contribution in [3.63, 3.8) is 0 Å². The van der Waals surface area contributed by atoms with Gasteiger partial charge in [0.05, 0.1) is 36.5 Å². The molecule has 13 rings (SSSR count). The van der Waals surface area contributed by atoms with Crippen LogP contribution >= 0.6 is 15.9 Å². The molecule has 5 heterocycles. The number of aromatic nitrogens is 3. The zero-order valence-corrected chi connectivity index (χ0v) is 83.6. The maximum Gasteiger partial charge on any atom is 1.00 e. The Labute approximate surface area is 808 Å². The average molecular weight is 1890 g/mol. The first-order chi connectivity index (χ1) is 55.0. The molecule has 0 saturated heterocycles. The number of aryl methyl sites for hydroxylation is 5. The molecule has 7 aromatic carbocycles. The van der Waals surface area contributed by atoms with Crippen LogP contribution in [0, 0.1) is 20.8 Å². The first kappa shape index (κ1) is 96.9. The number of β-amino-alcohol motifs (C(OH)–C–C–N with tert-alkyl or cyclic N) is 2. The van der Waals surface area contributed by atoms with Crippen LogP contribution in [0.25, 0.3) is 67.2 Å². The van der Waals surface area contributed by atoms with Crippen molar-refractivity contribution < 1.29 is 212 Å². The molecule has 0 bridgehead atoms. The summed E-state index contributed by atoms with van der Waals surface area (Å²) in [7, 11) is 0. The van der Waals surface area contributed by atoms with Gasteiger partial charge in [-0.05, 0) is 211 Å². The van der Waals surface area contributed by atoms with Crippen LogP contribution in [0.1, 0.15) is 198 Å². The molecule has 3 amide bonds. The van der Waals surface area contributed by atoms with Crippen LogP contribution in [-0.2, 0) is 55.1 Å². The van der Waals surface area contributed by atoms with Crippen LogP contribution in [0.2, 0.25) is 0 Å². The number of ether oxygens (including phenoxy) is 1. The van der Waals surface area contributed by atoms with Gasteiger partial charge in [0, 0.05) is 87.0 Å². The van der Waals surface area contributed by atoms with Crippen LogP contribution in [0.5, 0.6) is 17.2 Å². The normalized spacial score (nSPS) is 12.8. The number of carbonyl (C=O) groups is 4. The monoisotopic (exact) mass is 1890 g/mol. The summed E-state index contributed by atoms with van der Waals surface area (Å²) in [5, 5.41) is 78.1. The van der Waals surface area contributed by atoms with Crippen molar-refractivity contribution in [3.8, 4) is 84.4 Å². The van der Waals surface area contributed by atoms with E-state index in [1.54, 1.807) is 6.07 Å². The third-order valence-electron chi connectivity index (χ3n) is 20.5. The maximum absolute atomic E-state index is 13.1. The Hall–Kier alpha value is -6.21. The second-order valence-electron chi connectivity index (χ2n) is 29.4. The molecule has 3 aliphatic rings. The summed E-state index contributed by atoms with van der Waals surface area (Å²) in [6.07, 6.45) is 6.28. The van der Waals surface area contributed by atoms with Gasteiger partial charge < -0.3 is 71.4 Å². The summed E-state index contributed by atoms with van der Waals surface area (Å²) < 4.78 is 23.4. The average Bonchev–Trinajstić information content (AvgIpc) is 1.68. The van der Waals surface area contributed by atoms with E-state index in [9.17, 15) is 34.8 Å². The Morgan fingerprint density at radius 1 is 0.517 bits per heavy atom. The molecule has 3 aromatic heterocycles. The van der Waals surface area contributed by atoms with Gasteiger partial charge in [-0.25, -0.2) is 0 Å². The quantitative estimate of drug-likeness (QED) is 0.0121. The number of aliphatic hydroxyl groups is 3. The molecule has 1 aliphatic carbocycles. The first-order valence-electron chi connectivity index (χ1n) is 39.2. The topological polar surface area (TPSA) is 332 Å². The molecule has 0 radical (unpaired) electrons. The van der Waals surface area contributed by atoms with E-state index in [0.29, 0.717) is 95.8 Å². The van der Waals surface area contributed by atoms with E-state index >= 15 is 0 Å². The largest absolute Gasteiger partial charge is 1.00 e. The second-order valence-corrected chi connectivity index (χ2v) is 30.2. The zero-order chi connectivity index (χ0) is 82.3. The van der Waals surface area contributed by atoms with E-state index in [2.05, 4.69) is 183 Å². The predicted molar refractivity (Wildman–Crippen MR) is 445 cm³/mol. The van der Waals surface area contributed by atoms with Gasteiger partial charge in [0.2, 0.25) is 17.3 Å². The molecule has 0 unspecified atom stereocenters. The van der Waals surface area contributed by atoms with E-state index in [0.717, 1.165) is 108 Å². The van der Waals surface area contributed by atoms with Crippen LogP contribution in [-0.4, -0.2) is 146 Å². The van der Waals surface area contributed by atoms with E-state index in [4.69, 9.17) is 33.5 Å². The van der Waals surface area contributed by atoms with Gasteiger partial charge in [-0.2, -0.15) is 0 Å². The maximum atomic E-state index is 13.1. The molecule has 8 N–H and O–H groups in total. The summed E-state index contributed by atoms with van der Waals surface area (Å²) >= 11 is 3.00. The summed E-state index contributed by atoms with van der Waals surface area (Å²) in [5.41, 5.74) is 23.9. The summed E-state index contributed by atoms with van der Waals surface area (Å²) in [6.45, 7) is 31.5. The molecular weight excluding hydrogens is 1780 g/mol. The zero-order valence-electron chi connectivity index (χ0n) is 70.4. The minimum atomic E-state index is -0.384. The van der Waals surface area contributed by atoms with Crippen LogP contribution in [0.3, 0.4) is 0 Å². The number of nitrogens with one attached hydrogen (secondary N) is 3. The van der Waals surface area contributed by atoms with Gasteiger partial charge in [0.1, 0.15) is 40.9 Å². The fourth-order valence-electron chi connectivity index (χ4n) is 14.9. The SMILES string of the molecule is CCNC(=O)c1onc(-c2cc(C(C)C)c(C)cc2C)c1-c1ccc2c(c1)CCN(CCO)C2.CCNC(=O)c1onc(-c2cc(C(C)C)c(C)cc2OCc2ccccc2)c1-c1ccc2c(c1)CCCC2.CCNC(=O)c1onc(-c2cc(C(C)C)c(O)cc2O)c1-c1ccc2c(c1)CCN(CCO)C2.O=CO[O-].OCCBr.[Cs+].[Cs+].[H-]. The Morgan fingerprint density at radius 2 is 0.914 bits per heavy atom. The van der Waals surface area contributed by atoms with E-state index < -0.39 is 0 Å². The Bertz CT molecular complexity index is 4740. The van der Waals surface area contributed by atoms with Crippen molar-refractivity contribution >= 4 is 40.1 Å². The molecule has 0 fully saturated rings. The number of phenols is 2. The van der Waals surface area contributed by atoms with E-state index in [-0.39, 0.29) is 218 Å². The van der Waals surface area contributed by atoms with Crippen LogP contribution in [0.4, 0.5) is 0 Å². The van der Waals surface area contributed by atoms with Crippen molar-refractivity contribution in [2.24, 2.45) is 0 Å². The number of amides is 3. The number of phenolic OH excluding ortho intramolecular Hbond substituents is 2. The van der Waals surface area contributed by atoms with Crippen molar-refractivity contribution in [2.45, 2.75) is 159 Å². The molecule has 10 aromatic rings. The summed E-state index contributed by atoms with van der Waals surface area (Å²) in [4.78, 5) is 54.6. The van der Waals surface area contributed by atoms with Crippen LogP contribution < -0.4 is 164 Å². The van der Waals surface area contributed by atoms with Crippen molar-refractivity contribution in [2.75, 3.05) is 71.0 Å².